The first kappa shape index (κ1) is 38.3. The van der Waals surface area contributed by atoms with E-state index in [0.29, 0.717) is 82.9 Å². The summed E-state index contributed by atoms with van der Waals surface area (Å²) in [6, 6.07) is 12.2. The fraction of sp³-hybridized carbons (Fsp3) is 0.415. The summed E-state index contributed by atoms with van der Waals surface area (Å²) >= 11 is 6.90. The number of carbonyl (C=O) groups excluding carboxylic acids is 3. The number of nitrogens with zero attached hydrogens (tertiary/aromatic N) is 4. The van der Waals surface area contributed by atoms with Gasteiger partial charge in [0.2, 0.25) is 17.7 Å². The van der Waals surface area contributed by atoms with Crippen molar-refractivity contribution < 1.29 is 27.9 Å². The Morgan fingerprint density at radius 1 is 0.964 bits per heavy atom. The van der Waals surface area contributed by atoms with Crippen LogP contribution in [-0.4, -0.2) is 84.5 Å². The number of carbonyl (C=O) groups is 3. The van der Waals surface area contributed by atoms with Crippen molar-refractivity contribution in [3.05, 3.63) is 87.3 Å². The lowest BCUT2D eigenvalue weighted by Gasteiger charge is -2.40. The number of aromatic nitrogens is 1. The fourth-order valence-electron chi connectivity index (χ4n) is 8.18. The minimum atomic E-state index is -0.592. The third-order valence-corrected chi connectivity index (χ3v) is 11.7. The number of piperidine rings is 3. The number of ether oxygens (including phenoxy) is 1. The van der Waals surface area contributed by atoms with E-state index in [1.54, 1.807) is 32.5 Å². The fourth-order valence-corrected chi connectivity index (χ4v) is 8.45. The molecule has 3 aromatic carbocycles. The highest BCUT2D eigenvalue weighted by molar-refractivity contribution is 6.32. The Labute approximate surface area is 323 Å². The highest BCUT2D eigenvalue weighted by Gasteiger charge is 2.33. The molecule has 3 aliphatic rings. The molecule has 2 N–H and O–H groups in total. The monoisotopic (exact) mass is 774 g/mol. The second-order valence-corrected chi connectivity index (χ2v) is 15.2. The van der Waals surface area contributed by atoms with Crippen molar-refractivity contribution in [3.63, 3.8) is 0 Å². The maximum Gasteiger partial charge on any atom is 0.258 e. The molecular weight excluding hydrogens is 730 g/mol. The molecule has 55 heavy (non-hydrogen) atoms. The molecule has 3 amide bonds. The van der Waals surface area contributed by atoms with Crippen molar-refractivity contribution >= 4 is 51.5 Å². The van der Waals surface area contributed by atoms with E-state index < -0.39 is 23.6 Å². The van der Waals surface area contributed by atoms with E-state index in [-0.39, 0.29) is 35.8 Å². The average molecular weight is 775 g/mol. The van der Waals surface area contributed by atoms with Crippen LogP contribution >= 0.6 is 11.6 Å². The summed E-state index contributed by atoms with van der Waals surface area (Å²) in [4.78, 5) is 56.1. The van der Waals surface area contributed by atoms with E-state index >= 15 is 4.39 Å². The van der Waals surface area contributed by atoms with Crippen molar-refractivity contribution in [1.82, 2.24) is 19.7 Å². The zero-order valence-electron chi connectivity index (χ0n) is 31.2. The number of methoxy groups -OCH3 is 1. The topological polar surface area (TPSA) is 116 Å². The van der Waals surface area contributed by atoms with E-state index in [4.69, 9.17) is 16.3 Å². The van der Waals surface area contributed by atoms with Crippen molar-refractivity contribution in [3.8, 4) is 16.9 Å². The number of hydrogen-bond donors (Lipinski definition) is 2. The van der Waals surface area contributed by atoms with Gasteiger partial charge in [0.1, 0.15) is 23.4 Å². The Bertz CT molecular complexity index is 2200. The van der Waals surface area contributed by atoms with Crippen molar-refractivity contribution in [1.29, 1.82) is 0 Å². The summed E-state index contributed by atoms with van der Waals surface area (Å²) < 4.78 is 36.8. The molecule has 3 aliphatic heterocycles. The highest BCUT2D eigenvalue weighted by Crippen LogP contribution is 2.37. The van der Waals surface area contributed by atoms with E-state index in [9.17, 15) is 23.6 Å². The number of aryl methyl sites for hydroxylation is 1. The molecule has 3 fully saturated rings. The first-order valence-electron chi connectivity index (χ1n) is 18.7. The molecule has 11 nitrogen and oxygen atoms in total. The zero-order valence-corrected chi connectivity index (χ0v) is 31.9. The van der Waals surface area contributed by atoms with Crippen LogP contribution in [0.5, 0.6) is 5.75 Å². The van der Waals surface area contributed by atoms with Gasteiger partial charge in [0, 0.05) is 98.6 Å². The lowest BCUT2D eigenvalue weighted by atomic mass is 9.93. The molecule has 1 unspecified atom stereocenters. The van der Waals surface area contributed by atoms with Gasteiger partial charge in [-0.25, -0.2) is 8.78 Å². The molecule has 4 heterocycles. The predicted molar refractivity (Wildman–Crippen MR) is 208 cm³/mol. The van der Waals surface area contributed by atoms with Gasteiger partial charge < -0.3 is 24.4 Å². The number of nitrogens with one attached hydrogen (secondary N) is 2. The third kappa shape index (κ3) is 8.04. The van der Waals surface area contributed by atoms with Crippen molar-refractivity contribution in [2.24, 2.45) is 13.0 Å². The van der Waals surface area contributed by atoms with Crippen LogP contribution in [0.3, 0.4) is 0 Å². The lowest BCUT2D eigenvalue weighted by Crippen LogP contribution is -2.49. The minimum absolute atomic E-state index is 0.0989. The Balaban J connectivity index is 0.929. The van der Waals surface area contributed by atoms with Gasteiger partial charge in [-0.15, -0.1) is 0 Å². The molecular formula is C41H45ClF2N6O5. The maximum absolute atomic E-state index is 15.2. The van der Waals surface area contributed by atoms with E-state index in [2.05, 4.69) is 15.5 Å². The van der Waals surface area contributed by atoms with Gasteiger partial charge in [-0.2, -0.15) is 0 Å². The summed E-state index contributed by atoms with van der Waals surface area (Å²) in [7, 11) is 5.14. The Kier molecular flexibility index (Phi) is 11.1. The molecule has 0 saturated carbocycles. The second kappa shape index (κ2) is 16.0. The number of fused-ring (bicyclic) bond motifs is 1. The average Bonchev–Trinajstić information content (AvgIpc) is 3.18. The number of rotatable bonds is 9. The summed E-state index contributed by atoms with van der Waals surface area (Å²) in [5.74, 6) is -0.979. The van der Waals surface area contributed by atoms with Gasteiger partial charge in [-0.3, -0.25) is 29.4 Å². The largest absolute Gasteiger partial charge is 0.496 e. The molecule has 7 rings (SSSR count). The molecule has 0 radical (unpaired) electrons. The van der Waals surface area contributed by atoms with Gasteiger partial charge in [0.25, 0.3) is 5.56 Å². The summed E-state index contributed by atoms with van der Waals surface area (Å²) in [6.45, 7) is 3.19. The van der Waals surface area contributed by atoms with Gasteiger partial charge in [0.05, 0.1) is 12.8 Å². The normalized spacial score (nSPS) is 18.7. The van der Waals surface area contributed by atoms with Crippen LogP contribution in [0.1, 0.15) is 44.1 Å². The summed E-state index contributed by atoms with van der Waals surface area (Å²) in [6.07, 6.45) is 5.13. The highest BCUT2D eigenvalue weighted by atomic mass is 35.5. The molecule has 0 aliphatic carbocycles. The minimum Gasteiger partial charge on any atom is -0.496 e. The quantitative estimate of drug-likeness (QED) is 0.208. The molecule has 1 atom stereocenters. The Morgan fingerprint density at radius 3 is 2.40 bits per heavy atom. The molecule has 14 heteroatoms. The van der Waals surface area contributed by atoms with Crippen molar-refractivity contribution in [2.45, 2.75) is 57.2 Å². The lowest BCUT2D eigenvalue weighted by molar-refractivity contribution is -0.138. The number of pyridine rings is 1. The van der Waals surface area contributed by atoms with E-state index in [1.165, 1.54) is 28.8 Å². The van der Waals surface area contributed by atoms with Gasteiger partial charge in [-0.1, -0.05) is 11.6 Å². The van der Waals surface area contributed by atoms with Crippen LogP contribution in [-0.2, 0) is 28.0 Å². The molecule has 4 aromatic rings. The van der Waals surface area contributed by atoms with Crippen LogP contribution in [0.15, 0.2) is 59.5 Å². The third-order valence-electron chi connectivity index (χ3n) is 11.4. The number of imide groups is 1. The molecule has 0 spiro atoms. The zero-order chi connectivity index (χ0) is 39.0. The maximum atomic E-state index is 15.2. The van der Waals surface area contributed by atoms with Crippen LogP contribution < -0.4 is 25.8 Å². The Morgan fingerprint density at radius 2 is 1.71 bits per heavy atom. The number of halogens is 3. The molecule has 290 valence electrons. The number of amides is 3. The summed E-state index contributed by atoms with van der Waals surface area (Å²) in [5, 5.41) is 6.75. The standard InChI is InChI=1S/C41H45ClF2N6O5/c1-47-22-31(30-20-26(43)4-6-29(30)41(47)54)25-18-33(42)32(37(19-25)55-3)23-49-14-12-28(13-15-49)48(2)40(53)24-10-16-50(17-11-24)36-8-5-27(21-34(36)44)45-35-7-9-38(51)46-39(35)52/h4-6,8,18-22,24,28,35,45H,7,9-17,23H2,1-3H3,(H,46,51,52). The number of anilines is 2. The van der Waals surface area contributed by atoms with Gasteiger partial charge >= 0.3 is 0 Å². The van der Waals surface area contributed by atoms with Gasteiger partial charge in [0.15, 0.2) is 0 Å². The van der Waals surface area contributed by atoms with E-state index in [1.807, 2.05) is 29.0 Å². The van der Waals surface area contributed by atoms with E-state index in [0.717, 1.165) is 31.5 Å². The molecule has 0 bridgehead atoms. The SMILES string of the molecule is COc1cc(-c2cn(C)c(=O)c3ccc(F)cc23)cc(Cl)c1CN1CCC(N(C)C(=O)C2CCN(c3ccc(NC4CCC(=O)NC4=O)cc3F)CC2)CC1. The predicted octanol–water partition coefficient (Wildman–Crippen LogP) is 5.70. The molecule has 3 saturated heterocycles. The van der Waals surface area contributed by atoms with Crippen LogP contribution in [0.2, 0.25) is 5.02 Å². The first-order chi connectivity index (χ1) is 26.4. The van der Waals surface area contributed by atoms with Crippen LogP contribution in [0, 0.1) is 17.6 Å². The smallest absolute Gasteiger partial charge is 0.258 e. The van der Waals surface area contributed by atoms with Crippen molar-refractivity contribution in [2.75, 3.05) is 50.6 Å². The number of benzene rings is 3. The van der Waals surface area contributed by atoms with Gasteiger partial charge in [-0.05, 0) is 91.6 Å². The second-order valence-electron chi connectivity index (χ2n) is 14.8. The summed E-state index contributed by atoms with van der Waals surface area (Å²) in [5.41, 5.74) is 2.93. The number of hydrogen-bond acceptors (Lipinski definition) is 8. The number of likely N-dealkylation sites (tertiary alicyclic amines) is 1. The van der Waals surface area contributed by atoms with Crippen LogP contribution in [0.4, 0.5) is 20.2 Å². The van der Waals surface area contributed by atoms with Crippen LogP contribution in [0.25, 0.3) is 21.9 Å². The first-order valence-corrected chi connectivity index (χ1v) is 19.1. The Hall–Kier alpha value is -5.01. The molecule has 1 aromatic heterocycles.